The molecule has 0 saturated carbocycles. The van der Waals surface area contributed by atoms with Gasteiger partial charge in [0.25, 0.3) is 0 Å². The third-order valence-electron chi connectivity index (χ3n) is 5.11. The van der Waals surface area contributed by atoms with Crippen molar-refractivity contribution in [1.82, 2.24) is 9.88 Å². The molecule has 0 radical (unpaired) electrons. The van der Waals surface area contributed by atoms with Gasteiger partial charge in [0, 0.05) is 41.4 Å². The van der Waals surface area contributed by atoms with Crippen molar-refractivity contribution < 1.29 is 19.1 Å². The molecular formula is C22H22N2O4S. The highest BCUT2D eigenvalue weighted by Crippen LogP contribution is 2.41. The molecule has 4 rings (SSSR count). The summed E-state index contributed by atoms with van der Waals surface area (Å²) in [7, 11) is 3.01. The molecule has 1 aliphatic rings. The van der Waals surface area contributed by atoms with Crippen molar-refractivity contribution in [1.29, 1.82) is 0 Å². The standard InChI is InChI=1S/C22H22N2O4S/c1-27-16-6-3-14(4-7-16)13-24-20(25)9-10-29-21(24)18-12-23-19-11-15(22(26)28-2)5-8-17(18)19/h3-8,11-12,21,23H,9-10,13H2,1-2H3. The van der Waals surface area contributed by atoms with Gasteiger partial charge in [-0.05, 0) is 29.8 Å². The van der Waals surface area contributed by atoms with Gasteiger partial charge in [-0.25, -0.2) is 4.79 Å². The maximum Gasteiger partial charge on any atom is 0.337 e. The Bertz CT molecular complexity index is 1040. The van der Waals surface area contributed by atoms with Crippen LogP contribution < -0.4 is 4.74 Å². The van der Waals surface area contributed by atoms with Crippen molar-refractivity contribution in [2.24, 2.45) is 0 Å². The molecule has 3 aromatic rings. The van der Waals surface area contributed by atoms with Crippen LogP contribution in [0, 0.1) is 0 Å². The maximum atomic E-state index is 12.8. The number of nitrogens with zero attached hydrogens (tertiary/aromatic N) is 1. The van der Waals surface area contributed by atoms with Gasteiger partial charge in [-0.15, -0.1) is 11.8 Å². The van der Waals surface area contributed by atoms with Crippen LogP contribution in [-0.4, -0.2) is 41.7 Å². The van der Waals surface area contributed by atoms with Crippen molar-refractivity contribution in [3.63, 3.8) is 0 Å². The Morgan fingerprint density at radius 3 is 2.72 bits per heavy atom. The van der Waals surface area contributed by atoms with E-state index in [9.17, 15) is 9.59 Å². The van der Waals surface area contributed by atoms with Crippen LogP contribution >= 0.6 is 11.8 Å². The summed E-state index contributed by atoms with van der Waals surface area (Å²) >= 11 is 1.76. The number of ether oxygens (including phenoxy) is 2. The summed E-state index contributed by atoms with van der Waals surface area (Å²) in [5.74, 6) is 1.36. The number of aromatic amines is 1. The van der Waals surface area contributed by atoms with Gasteiger partial charge in [0.05, 0.1) is 19.8 Å². The summed E-state index contributed by atoms with van der Waals surface area (Å²) in [4.78, 5) is 29.7. The lowest BCUT2D eigenvalue weighted by molar-refractivity contribution is -0.132. The Labute approximate surface area is 173 Å². The van der Waals surface area contributed by atoms with Gasteiger partial charge in [-0.1, -0.05) is 18.2 Å². The average Bonchev–Trinajstić information content (AvgIpc) is 3.18. The van der Waals surface area contributed by atoms with E-state index in [4.69, 9.17) is 9.47 Å². The number of hydrogen-bond acceptors (Lipinski definition) is 5. The Hall–Kier alpha value is -2.93. The molecule has 2 aromatic carbocycles. The van der Waals surface area contributed by atoms with Crippen LogP contribution in [0.25, 0.3) is 10.9 Å². The van der Waals surface area contributed by atoms with Crippen molar-refractivity contribution in [2.45, 2.75) is 18.3 Å². The number of nitrogens with one attached hydrogen (secondary N) is 1. The number of rotatable bonds is 5. The van der Waals surface area contributed by atoms with Gasteiger partial charge < -0.3 is 19.4 Å². The molecule has 1 saturated heterocycles. The number of fused-ring (bicyclic) bond motifs is 1. The average molecular weight is 410 g/mol. The summed E-state index contributed by atoms with van der Waals surface area (Å²) in [5.41, 5.74) is 3.45. The number of benzene rings is 2. The molecule has 0 bridgehead atoms. The summed E-state index contributed by atoms with van der Waals surface area (Å²) in [6.07, 6.45) is 2.47. The molecule has 1 aliphatic heterocycles. The summed E-state index contributed by atoms with van der Waals surface area (Å²) in [6.45, 7) is 0.535. The number of hydrogen-bond donors (Lipinski definition) is 1. The third kappa shape index (κ3) is 3.82. The smallest absolute Gasteiger partial charge is 0.337 e. The molecule has 7 heteroatoms. The zero-order valence-corrected chi connectivity index (χ0v) is 17.1. The molecule has 1 N–H and O–H groups in total. The van der Waals surface area contributed by atoms with Crippen LogP contribution in [0.4, 0.5) is 0 Å². The van der Waals surface area contributed by atoms with Crippen molar-refractivity contribution >= 4 is 34.5 Å². The molecule has 6 nitrogen and oxygen atoms in total. The molecule has 2 heterocycles. The van der Waals surface area contributed by atoms with E-state index in [-0.39, 0.29) is 17.3 Å². The van der Waals surface area contributed by atoms with E-state index in [1.165, 1.54) is 7.11 Å². The highest BCUT2D eigenvalue weighted by atomic mass is 32.2. The van der Waals surface area contributed by atoms with E-state index in [0.717, 1.165) is 33.5 Å². The molecule has 1 fully saturated rings. The minimum absolute atomic E-state index is 0.0870. The van der Waals surface area contributed by atoms with Crippen molar-refractivity contribution in [3.05, 3.63) is 65.4 Å². The fourth-order valence-electron chi connectivity index (χ4n) is 3.58. The topological polar surface area (TPSA) is 71.6 Å². The fraction of sp³-hybridized carbons (Fsp3) is 0.273. The zero-order chi connectivity index (χ0) is 20.4. The molecule has 1 amide bonds. The van der Waals surface area contributed by atoms with Crippen LogP contribution in [0.2, 0.25) is 0 Å². The van der Waals surface area contributed by atoms with Crippen LogP contribution in [0.15, 0.2) is 48.7 Å². The Balaban J connectivity index is 1.65. The van der Waals surface area contributed by atoms with Gasteiger partial charge in [0.1, 0.15) is 11.1 Å². The number of carbonyl (C=O) groups is 2. The summed E-state index contributed by atoms with van der Waals surface area (Å²) in [5, 5.41) is 0.917. The number of methoxy groups -OCH3 is 2. The number of aromatic nitrogens is 1. The first-order valence-corrected chi connectivity index (χ1v) is 10.4. The highest BCUT2D eigenvalue weighted by Gasteiger charge is 2.31. The van der Waals surface area contributed by atoms with Gasteiger partial charge in [-0.2, -0.15) is 0 Å². The normalized spacial score (nSPS) is 16.8. The SMILES string of the molecule is COC(=O)c1ccc2c(C3SCCC(=O)N3Cc3ccc(OC)cc3)c[nH]c2c1. The summed E-state index contributed by atoms with van der Waals surface area (Å²) < 4.78 is 10.0. The lowest BCUT2D eigenvalue weighted by Gasteiger charge is -2.35. The predicted octanol–water partition coefficient (Wildman–Crippen LogP) is 4.13. The zero-order valence-electron chi connectivity index (χ0n) is 16.3. The Morgan fingerprint density at radius 1 is 1.21 bits per heavy atom. The molecule has 0 aliphatic carbocycles. The van der Waals surface area contributed by atoms with Crippen molar-refractivity contribution in [2.75, 3.05) is 20.0 Å². The first-order chi connectivity index (χ1) is 14.1. The second-order valence-corrected chi connectivity index (χ2v) is 8.03. The molecular weight excluding hydrogens is 388 g/mol. The maximum absolute atomic E-state index is 12.8. The summed E-state index contributed by atoms with van der Waals surface area (Å²) in [6, 6.07) is 13.2. The molecule has 1 unspecified atom stereocenters. The largest absolute Gasteiger partial charge is 0.497 e. The molecule has 150 valence electrons. The number of esters is 1. The van der Waals surface area contributed by atoms with E-state index in [1.807, 2.05) is 41.4 Å². The van der Waals surface area contributed by atoms with E-state index in [1.54, 1.807) is 31.0 Å². The van der Waals surface area contributed by atoms with Crippen LogP contribution in [0.1, 0.15) is 33.3 Å². The molecule has 1 aromatic heterocycles. The van der Waals surface area contributed by atoms with E-state index >= 15 is 0 Å². The van der Waals surface area contributed by atoms with Gasteiger partial charge in [-0.3, -0.25) is 4.79 Å². The number of H-pyrrole nitrogens is 1. The Kier molecular flexibility index (Phi) is 5.49. The van der Waals surface area contributed by atoms with E-state index < -0.39 is 0 Å². The second kappa shape index (κ2) is 8.21. The van der Waals surface area contributed by atoms with Crippen LogP contribution in [0.5, 0.6) is 5.75 Å². The third-order valence-corrected chi connectivity index (χ3v) is 6.37. The fourth-order valence-corrected chi connectivity index (χ4v) is 4.84. The van der Waals surface area contributed by atoms with Gasteiger partial charge in [0.2, 0.25) is 5.91 Å². The predicted molar refractivity (Wildman–Crippen MR) is 113 cm³/mol. The monoisotopic (exact) mass is 410 g/mol. The molecule has 29 heavy (non-hydrogen) atoms. The van der Waals surface area contributed by atoms with E-state index in [2.05, 4.69) is 4.98 Å². The lowest BCUT2D eigenvalue weighted by Crippen LogP contribution is -2.36. The highest BCUT2D eigenvalue weighted by molar-refractivity contribution is 7.99. The van der Waals surface area contributed by atoms with Gasteiger partial charge >= 0.3 is 5.97 Å². The first-order valence-electron chi connectivity index (χ1n) is 9.34. The minimum Gasteiger partial charge on any atom is -0.497 e. The Morgan fingerprint density at radius 2 is 2.00 bits per heavy atom. The number of thioether (sulfide) groups is 1. The second-order valence-electron chi connectivity index (χ2n) is 6.84. The quantitative estimate of drug-likeness (QED) is 0.641. The molecule has 1 atom stereocenters. The number of amides is 1. The lowest BCUT2D eigenvalue weighted by atomic mass is 10.1. The number of carbonyl (C=O) groups excluding carboxylic acids is 2. The van der Waals surface area contributed by atoms with Crippen LogP contribution in [-0.2, 0) is 16.1 Å². The first kappa shape index (κ1) is 19.4. The minimum atomic E-state index is -0.369. The van der Waals surface area contributed by atoms with Crippen molar-refractivity contribution in [3.8, 4) is 5.75 Å². The van der Waals surface area contributed by atoms with Crippen LogP contribution in [0.3, 0.4) is 0 Å². The molecule has 0 spiro atoms. The van der Waals surface area contributed by atoms with Gasteiger partial charge in [0.15, 0.2) is 0 Å². The van der Waals surface area contributed by atoms with E-state index in [0.29, 0.717) is 18.5 Å².